The topological polar surface area (TPSA) is 49.8 Å². The molecule has 1 heterocycles. The lowest BCUT2D eigenvalue weighted by molar-refractivity contribution is 0.586. The summed E-state index contributed by atoms with van der Waals surface area (Å²) in [5.41, 5.74) is 1.66. The van der Waals surface area contributed by atoms with Crippen LogP contribution in [0.2, 0.25) is 0 Å². The molecule has 2 aromatic carbocycles. The van der Waals surface area contributed by atoms with Crippen LogP contribution in [0, 0.1) is 18.6 Å². The summed E-state index contributed by atoms with van der Waals surface area (Å²) in [6.07, 6.45) is 0. The molecule has 0 radical (unpaired) electrons. The third-order valence-electron chi connectivity index (χ3n) is 3.13. The van der Waals surface area contributed by atoms with Crippen molar-refractivity contribution in [2.45, 2.75) is 6.92 Å². The van der Waals surface area contributed by atoms with E-state index in [1.165, 1.54) is 12.1 Å². The van der Waals surface area contributed by atoms with Crippen molar-refractivity contribution in [2.24, 2.45) is 0 Å². The van der Waals surface area contributed by atoms with E-state index in [1.54, 1.807) is 13.0 Å². The molecule has 0 saturated carbocycles. The summed E-state index contributed by atoms with van der Waals surface area (Å²) in [5, 5.41) is 5.93. The highest BCUT2D eigenvalue weighted by Gasteiger charge is 2.08. The van der Waals surface area contributed by atoms with Gasteiger partial charge in [-0.2, -0.15) is 4.98 Å². The Kier molecular flexibility index (Phi) is 4.71. The Balaban J connectivity index is 1.86. The third-order valence-corrected chi connectivity index (χ3v) is 3.62. The number of nitrogens with zero attached hydrogens (tertiary/aromatic N) is 2. The van der Waals surface area contributed by atoms with Gasteiger partial charge in [0, 0.05) is 28.0 Å². The Morgan fingerprint density at radius 2 is 1.79 bits per heavy atom. The first kappa shape index (κ1) is 16.3. The maximum atomic E-state index is 13.7. The van der Waals surface area contributed by atoms with E-state index >= 15 is 0 Å². The van der Waals surface area contributed by atoms with Gasteiger partial charge in [0.1, 0.15) is 17.5 Å². The summed E-state index contributed by atoms with van der Waals surface area (Å²) in [7, 11) is 0. The van der Waals surface area contributed by atoms with Crippen molar-refractivity contribution in [3.63, 3.8) is 0 Å². The minimum Gasteiger partial charge on any atom is -0.340 e. The van der Waals surface area contributed by atoms with Crippen LogP contribution in [0.3, 0.4) is 0 Å². The van der Waals surface area contributed by atoms with Gasteiger partial charge in [0.15, 0.2) is 0 Å². The Hall–Kier alpha value is -2.54. The van der Waals surface area contributed by atoms with E-state index in [0.29, 0.717) is 11.5 Å². The molecule has 1 aromatic heterocycles. The Labute approximate surface area is 146 Å². The summed E-state index contributed by atoms with van der Waals surface area (Å²) < 4.78 is 27.7. The molecule has 2 N–H and O–H groups in total. The first-order valence-electron chi connectivity index (χ1n) is 7.10. The van der Waals surface area contributed by atoms with E-state index < -0.39 is 11.6 Å². The number of nitrogens with one attached hydrogen (secondary N) is 2. The van der Waals surface area contributed by atoms with Gasteiger partial charge in [0.2, 0.25) is 5.95 Å². The molecule has 0 spiro atoms. The molecule has 0 unspecified atom stereocenters. The summed E-state index contributed by atoms with van der Waals surface area (Å²) in [6.45, 7) is 1.81. The van der Waals surface area contributed by atoms with Crippen molar-refractivity contribution in [2.75, 3.05) is 10.6 Å². The average Bonchev–Trinajstić information content (AvgIpc) is 2.49. The maximum absolute atomic E-state index is 13.7. The molecular formula is C17H13BrF2N4. The normalized spacial score (nSPS) is 10.5. The zero-order valence-electron chi connectivity index (χ0n) is 12.6. The fourth-order valence-corrected chi connectivity index (χ4v) is 2.51. The second kappa shape index (κ2) is 6.92. The second-order valence-electron chi connectivity index (χ2n) is 5.10. The standard InChI is InChI=1S/C17H13BrF2N4/c1-10-7-16(22-13-4-2-3-11(18)8-13)24-17(21-10)23-15-6-5-12(19)9-14(15)20/h2-9H,1H3,(H2,21,22,23,24). The molecule has 0 fully saturated rings. The summed E-state index contributed by atoms with van der Waals surface area (Å²) in [4.78, 5) is 8.53. The van der Waals surface area contributed by atoms with E-state index in [1.807, 2.05) is 24.3 Å². The lowest BCUT2D eigenvalue weighted by atomic mass is 10.3. The summed E-state index contributed by atoms with van der Waals surface area (Å²) >= 11 is 3.41. The maximum Gasteiger partial charge on any atom is 0.229 e. The quantitative estimate of drug-likeness (QED) is 0.633. The van der Waals surface area contributed by atoms with Crippen LogP contribution in [0.15, 0.2) is 53.0 Å². The van der Waals surface area contributed by atoms with Crippen molar-refractivity contribution in [3.8, 4) is 0 Å². The van der Waals surface area contributed by atoms with Crippen molar-refractivity contribution in [1.82, 2.24) is 9.97 Å². The highest BCUT2D eigenvalue weighted by Crippen LogP contribution is 2.23. The van der Waals surface area contributed by atoms with Crippen molar-refractivity contribution in [3.05, 3.63) is 70.3 Å². The van der Waals surface area contributed by atoms with E-state index in [4.69, 9.17) is 0 Å². The molecule has 0 saturated heterocycles. The molecule has 0 atom stereocenters. The highest BCUT2D eigenvalue weighted by atomic mass is 79.9. The number of hydrogen-bond donors (Lipinski definition) is 2. The van der Waals surface area contributed by atoms with E-state index in [9.17, 15) is 8.78 Å². The van der Waals surface area contributed by atoms with Crippen molar-refractivity contribution < 1.29 is 8.78 Å². The van der Waals surface area contributed by atoms with Crippen LogP contribution in [0.1, 0.15) is 5.69 Å². The second-order valence-corrected chi connectivity index (χ2v) is 6.02. The molecule has 3 rings (SSSR count). The zero-order valence-corrected chi connectivity index (χ0v) is 14.2. The van der Waals surface area contributed by atoms with Crippen molar-refractivity contribution >= 4 is 39.1 Å². The minimum atomic E-state index is -0.707. The Morgan fingerprint density at radius 3 is 2.54 bits per heavy atom. The SMILES string of the molecule is Cc1cc(Nc2cccc(Br)c2)nc(Nc2ccc(F)cc2F)n1. The van der Waals surface area contributed by atoms with Crippen LogP contribution in [0.5, 0.6) is 0 Å². The smallest absolute Gasteiger partial charge is 0.229 e. The number of rotatable bonds is 4. The molecule has 0 amide bonds. The van der Waals surface area contributed by atoms with Gasteiger partial charge in [-0.25, -0.2) is 13.8 Å². The fourth-order valence-electron chi connectivity index (χ4n) is 2.11. The monoisotopic (exact) mass is 390 g/mol. The summed E-state index contributed by atoms with van der Waals surface area (Å²) in [5.74, 6) is -0.564. The molecule has 0 bridgehead atoms. The number of aryl methyl sites for hydroxylation is 1. The van der Waals surface area contributed by atoms with Gasteiger partial charge in [-0.1, -0.05) is 22.0 Å². The van der Waals surface area contributed by atoms with Gasteiger partial charge in [0.25, 0.3) is 0 Å². The van der Waals surface area contributed by atoms with E-state index in [-0.39, 0.29) is 11.6 Å². The molecule has 3 aromatic rings. The molecule has 0 aliphatic heterocycles. The molecule has 0 aliphatic carbocycles. The lowest BCUT2D eigenvalue weighted by Crippen LogP contribution is -2.03. The third kappa shape index (κ3) is 4.05. The molecule has 122 valence electrons. The number of hydrogen-bond acceptors (Lipinski definition) is 4. The summed E-state index contributed by atoms with van der Waals surface area (Å²) in [6, 6.07) is 12.7. The van der Waals surface area contributed by atoms with Gasteiger partial charge in [-0.3, -0.25) is 0 Å². The minimum absolute atomic E-state index is 0.107. The van der Waals surface area contributed by atoms with Gasteiger partial charge in [-0.05, 0) is 37.3 Å². The number of benzene rings is 2. The molecule has 4 nitrogen and oxygen atoms in total. The molecule has 24 heavy (non-hydrogen) atoms. The first-order valence-corrected chi connectivity index (χ1v) is 7.89. The first-order chi connectivity index (χ1) is 11.5. The zero-order chi connectivity index (χ0) is 17.1. The molecular weight excluding hydrogens is 378 g/mol. The number of aromatic nitrogens is 2. The van der Waals surface area contributed by atoms with E-state index in [2.05, 4.69) is 36.5 Å². The van der Waals surface area contributed by atoms with Crippen LogP contribution in [0.4, 0.5) is 31.9 Å². The van der Waals surface area contributed by atoms with Gasteiger partial charge in [0.05, 0.1) is 5.69 Å². The number of anilines is 4. The Morgan fingerprint density at radius 1 is 0.958 bits per heavy atom. The van der Waals surface area contributed by atoms with Crippen LogP contribution < -0.4 is 10.6 Å². The van der Waals surface area contributed by atoms with Crippen LogP contribution in [-0.4, -0.2) is 9.97 Å². The van der Waals surface area contributed by atoms with Gasteiger partial charge < -0.3 is 10.6 Å². The van der Waals surface area contributed by atoms with Gasteiger partial charge in [-0.15, -0.1) is 0 Å². The van der Waals surface area contributed by atoms with Crippen molar-refractivity contribution in [1.29, 1.82) is 0 Å². The molecule has 7 heteroatoms. The van der Waals surface area contributed by atoms with E-state index in [0.717, 1.165) is 16.2 Å². The largest absolute Gasteiger partial charge is 0.340 e. The fraction of sp³-hybridized carbons (Fsp3) is 0.0588. The average molecular weight is 391 g/mol. The number of halogens is 3. The lowest BCUT2D eigenvalue weighted by Gasteiger charge is -2.10. The van der Waals surface area contributed by atoms with Crippen LogP contribution in [-0.2, 0) is 0 Å². The van der Waals surface area contributed by atoms with Crippen LogP contribution in [0.25, 0.3) is 0 Å². The highest BCUT2D eigenvalue weighted by molar-refractivity contribution is 9.10. The predicted octanol–water partition coefficient (Wildman–Crippen LogP) is 5.31. The Bertz CT molecular complexity index is 886. The predicted molar refractivity (Wildman–Crippen MR) is 93.8 cm³/mol. The molecule has 0 aliphatic rings. The van der Waals surface area contributed by atoms with Crippen LogP contribution >= 0.6 is 15.9 Å². The van der Waals surface area contributed by atoms with Gasteiger partial charge >= 0.3 is 0 Å².